The van der Waals surface area contributed by atoms with E-state index in [1.54, 1.807) is 22.8 Å². The largest absolute Gasteiger partial charge is 0.494 e. The fourth-order valence-electron chi connectivity index (χ4n) is 3.95. The first-order valence-corrected chi connectivity index (χ1v) is 11.9. The van der Waals surface area contributed by atoms with Crippen molar-refractivity contribution in [2.45, 2.75) is 44.3 Å². The van der Waals surface area contributed by atoms with Crippen molar-refractivity contribution in [3.63, 3.8) is 0 Å². The molecule has 3 aromatic rings. The summed E-state index contributed by atoms with van der Waals surface area (Å²) in [6, 6.07) is 14.2. The van der Waals surface area contributed by atoms with E-state index in [1.807, 2.05) is 36.1 Å². The maximum absolute atomic E-state index is 14.8. The van der Waals surface area contributed by atoms with Crippen LogP contribution in [0.25, 0.3) is 17.1 Å². The molecule has 1 aliphatic heterocycles. The standard InChI is InChI=1S/C24H27FN4O2S/c1-3-31-19-13-11-18(12-14-19)23-26-27-24(29(23)21-10-5-4-9-20(21)25)32-16-22(30)28-15-7-6-8-17(28)2/h4-5,9-14,17H,3,6-8,15-16H2,1-2H3/t17-/m1/s1. The SMILES string of the molecule is CCOc1ccc(-c2nnc(SCC(=O)N3CCCC[C@H]3C)n2-c2ccccc2F)cc1. The van der Waals surface area contributed by atoms with Crippen molar-refractivity contribution in [1.82, 2.24) is 19.7 Å². The monoisotopic (exact) mass is 454 g/mol. The second-order valence-corrected chi connectivity index (χ2v) is 8.71. The number of rotatable bonds is 7. The van der Waals surface area contributed by atoms with Crippen molar-refractivity contribution < 1.29 is 13.9 Å². The van der Waals surface area contributed by atoms with Crippen LogP contribution in [0.15, 0.2) is 53.7 Å². The Balaban J connectivity index is 1.64. The zero-order valence-electron chi connectivity index (χ0n) is 18.3. The second kappa shape index (κ2) is 10.2. The van der Waals surface area contributed by atoms with Gasteiger partial charge < -0.3 is 9.64 Å². The third-order valence-corrected chi connectivity index (χ3v) is 6.51. The average molecular weight is 455 g/mol. The molecule has 0 bridgehead atoms. The Morgan fingerprint density at radius 2 is 1.94 bits per heavy atom. The molecule has 1 aromatic heterocycles. The van der Waals surface area contributed by atoms with Crippen molar-refractivity contribution in [1.29, 1.82) is 0 Å². The molecule has 32 heavy (non-hydrogen) atoms. The summed E-state index contributed by atoms with van der Waals surface area (Å²) in [5.41, 5.74) is 1.13. The van der Waals surface area contributed by atoms with Gasteiger partial charge >= 0.3 is 0 Å². The quantitative estimate of drug-likeness (QED) is 0.472. The molecular formula is C24H27FN4O2S. The number of likely N-dealkylation sites (tertiary alicyclic amines) is 1. The first kappa shape index (κ1) is 22.3. The third-order valence-electron chi connectivity index (χ3n) is 5.60. The van der Waals surface area contributed by atoms with Gasteiger partial charge in [0.05, 0.1) is 18.0 Å². The number of aromatic nitrogens is 3. The van der Waals surface area contributed by atoms with Crippen LogP contribution in [0.5, 0.6) is 5.75 Å². The average Bonchev–Trinajstić information content (AvgIpc) is 3.22. The molecule has 0 aliphatic carbocycles. The van der Waals surface area contributed by atoms with E-state index in [2.05, 4.69) is 17.1 Å². The molecule has 1 fully saturated rings. The Morgan fingerprint density at radius 1 is 1.16 bits per heavy atom. The molecule has 1 atom stereocenters. The molecule has 0 saturated carbocycles. The minimum Gasteiger partial charge on any atom is -0.494 e. The van der Waals surface area contributed by atoms with E-state index in [0.717, 1.165) is 37.1 Å². The molecule has 0 spiro atoms. The van der Waals surface area contributed by atoms with E-state index in [1.165, 1.54) is 17.8 Å². The van der Waals surface area contributed by atoms with Crippen LogP contribution in [-0.4, -0.2) is 50.5 Å². The second-order valence-electron chi connectivity index (χ2n) is 7.77. The molecular weight excluding hydrogens is 427 g/mol. The number of carbonyl (C=O) groups is 1. The lowest BCUT2D eigenvalue weighted by Crippen LogP contribution is -2.42. The number of hydrogen-bond donors (Lipinski definition) is 0. The van der Waals surface area contributed by atoms with Crippen molar-refractivity contribution in [2.24, 2.45) is 0 Å². The highest BCUT2D eigenvalue weighted by Gasteiger charge is 2.25. The number of amides is 1. The molecule has 0 N–H and O–H groups in total. The predicted octanol–water partition coefficient (Wildman–Crippen LogP) is 4.97. The van der Waals surface area contributed by atoms with Gasteiger partial charge in [0.1, 0.15) is 11.6 Å². The van der Waals surface area contributed by atoms with Gasteiger partial charge in [0.2, 0.25) is 5.91 Å². The molecule has 4 rings (SSSR count). The maximum atomic E-state index is 14.8. The van der Waals surface area contributed by atoms with E-state index < -0.39 is 0 Å². The first-order chi connectivity index (χ1) is 15.6. The molecule has 1 aliphatic rings. The lowest BCUT2D eigenvalue weighted by molar-refractivity contribution is -0.131. The number of para-hydroxylation sites is 1. The van der Waals surface area contributed by atoms with E-state index in [4.69, 9.17) is 4.74 Å². The van der Waals surface area contributed by atoms with Crippen LogP contribution in [0.4, 0.5) is 4.39 Å². The van der Waals surface area contributed by atoms with Crippen molar-refractivity contribution >= 4 is 17.7 Å². The molecule has 2 heterocycles. The molecule has 0 unspecified atom stereocenters. The van der Waals surface area contributed by atoms with E-state index in [-0.39, 0.29) is 23.5 Å². The highest BCUT2D eigenvalue weighted by Crippen LogP contribution is 2.30. The number of halogens is 1. The van der Waals surface area contributed by atoms with Gasteiger partial charge in [0.15, 0.2) is 11.0 Å². The number of carbonyl (C=O) groups excluding carboxylic acids is 1. The zero-order chi connectivity index (χ0) is 22.5. The van der Waals surface area contributed by atoms with Gasteiger partial charge in [-0.1, -0.05) is 23.9 Å². The Hall–Kier alpha value is -2.87. The number of piperidine rings is 1. The van der Waals surface area contributed by atoms with Gasteiger partial charge in [-0.15, -0.1) is 10.2 Å². The van der Waals surface area contributed by atoms with Gasteiger partial charge in [0.25, 0.3) is 0 Å². The first-order valence-electron chi connectivity index (χ1n) is 10.9. The Bertz CT molecular complexity index is 1070. The van der Waals surface area contributed by atoms with Crippen molar-refractivity contribution in [3.8, 4) is 22.8 Å². The number of nitrogens with zero attached hydrogens (tertiary/aromatic N) is 4. The fourth-order valence-corrected chi connectivity index (χ4v) is 4.78. The van der Waals surface area contributed by atoms with E-state index in [0.29, 0.717) is 23.3 Å². The molecule has 1 amide bonds. The summed E-state index contributed by atoms with van der Waals surface area (Å²) in [7, 11) is 0. The molecule has 8 heteroatoms. The Morgan fingerprint density at radius 3 is 2.66 bits per heavy atom. The van der Waals surface area contributed by atoms with E-state index in [9.17, 15) is 9.18 Å². The number of benzene rings is 2. The van der Waals surface area contributed by atoms with Crippen molar-refractivity contribution in [2.75, 3.05) is 18.9 Å². The summed E-state index contributed by atoms with van der Waals surface area (Å²) in [5.74, 6) is 1.20. The van der Waals surface area contributed by atoms with Gasteiger partial charge in [-0.25, -0.2) is 4.39 Å². The fraction of sp³-hybridized carbons (Fsp3) is 0.375. The summed E-state index contributed by atoms with van der Waals surface area (Å²) in [6.07, 6.45) is 3.23. The molecule has 0 radical (unpaired) electrons. The van der Waals surface area contributed by atoms with Crippen LogP contribution < -0.4 is 4.74 Å². The van der Waals surface area contributed by atoms with Gasteiger partial charge in [0, 0.05) is 18.2 Å². The van der Waals surface area contributed by atoms with Crippen LogP contribution >= 0.6 is 11.8 Å². The number of thioether (sulfide) groups is 1. The smallest absolute Gasteiger partial charge is 0.233 e. The topological polar surface area (TPSA) is 60.3 Å². The highest BCUT2D eigenvalue weighted by atomic mass is 32.2. The third kappa shape index (κ3) is 4.80. The van der Waals surface area contributed by atoms with Crippen LogP contribution in [-0.2, 0) is 4.79 Å². The summed E-state index contributed by atoms with van der Waals surface area (Å²) in [6.45, 7) is 5.39. The summed E-state index contributed by atoms with van der Waals surface area (Å²) >= 11 is 1.29. The summed E-state index contributed by atoms with van der Waals surface area (Å²) in [5, 5.41) is 9.14. The van der Waals surface area contributed by atoms with Crippen LogP contribution in [0.3, 0.4) is 0 Å². The van der Waals surface area contributed by atoms with Crippen LogP contribution in [0, 0.1) is 5.82 Å². The van der Waals surface area contributed by atoms with Crippen LogP contribution in [0.1, 0.15) is 33.1 Å². The highest BCUT2D eigenvalue weighted by molar-refractivity contribution is 7.99. The Labute approximate surface area is 191 Å². The van der Waals surface area contributed by atoms with E-state index >= 15 is 0 Å². The molecule has 1 saturated heterocycles. The zero-order valence-corrected chi connectivity index (χ0v) is 19.1. The number of ether oxygens (including phenoxy) is 1. The molecule has 2 aromatic carbocycles. The summed E-state index contributed by atoms with van der Waals surface area (Å²) in [4.78, 5) is 14.8. The minimum absolute atomic E-state index is 0.0768. The lowest BCUT2D eigenvalue weighted by Gasteiger charge is -2.33. The van der Waals surface area contributed by atoms with Gasteiger partial charge in [-0.05, 0) is 69.5 Å². The maximum Gasteiger partial charge on any atom is 0.233 e. The van der Waals surface area contributed by atoms with Crippen LogP contribution in [0.2, 0.25) is 0 Å². The Kier molecular flexibility index (Phi) is 7.09. The lowest BCUT2D eigenvalue weighted by atomic mass is 10.0. The minimum atomic E-state index is -0.377. The van der Waals surface area contributed by atoms with Gasteiger partial charge in [-0.2, -0.15) is 0 Å². The normalized spacial score (nSPS) is 16.2. The van der Waals surface area contributed by atoms with Gasteiger partial charge in [-0.3, -0.25) is 9.36 Å². The molecule has 6 nitrogen and oxygen atoms in total. The van der Waals surface area contributed by atoms with Crippen molar-refractivity contribution in [3.05, 3.63) is 54.3 Å². The number of hydrogen-bond acceptors (Lipinski definition) is 5. The molecule has 168 valence electrons. The summed E-state index contributed by atoms with van der Waals surface area (Å²) < 4.78 is 22.0. The predicted molar refractivity (Wildman–Crippen MR) is 124 cm³/mol.